The first-order valence-corrected chi connectivity index (χ1v) is 10.2. The molecule has 0 unspecified atom stereocenters. The quantitative estimate of drug-likeness (QED) is 0.536. The maximum absolute atomic E-state index is 13.1. The minimum atomic E-state index is -0.324. The van der Waals surface area contributed by atoms with Gasteiger partial charge in [-0.05, 0) is 48.9 Å². The van der Waals surface area contributed by atoms with Crippen LogP contribution in [0.2, 0.25) is 0 Å². The van der Waals surface area contributed by atoms with Gasteiger partial charge in [0.15, 0.2) is 0 Å². The van der Waals surface area contributed by atoms with Crippen LogP contribution in [-0.4, -0.2) is 36.9 Å². The molecule has 0 spiro atoms. The van der Waals surface area contributed by atoms with E-state index in [0.29, 0.717) is 29.3 Å². The van der Waals surface area contributed by atoms with Gasteiger partial charge in [0.2, 0.25) is 5.91 Å². The molecule has 7 heteroatoms. The normalized spacial score (nSPS) is 10.3. The van der Waals surface area contributed by atoms with Gasteiger partial charge in [-0.25, -0.2) is 4.39 Å². The molecule has 0 aliphatic heterocycles. The third-order valence-corrected chi connectivity index (χ3v) is 4.78. The standard InChI is InChI=1S/C25H25FN2O4/c1-3-28(16-24(29)27-20-7-6-8-21(15-20)31-2)25(30)22-9-4-5-10-23(22)32-17-18-11-13-19(26)14-12-18/h4-15H,3,16-17H2,1-2H3,(H,27,29). The van der Waals surface area contributed by atoms with Gasteiger partial charge in [0.05, 0.1) is 12.7 Å². The molecule has 0 bridgehead atoms. The molecule has 0 fully saturated rings. The van der Waals surface area contributed by atoms with E-state index in [1.807, 2.05) is 0 Å². The number of anilines is 1. The number of carbonyl (C=O) groups is 2. The van der Waals surface area contributed by atoms with E-state index in [-0.39, 0.29) is 30.8 Å². The number of rotatable bonds is 9. The number of amides is 2. The first-order chi connectivity index (χ1) is 15.5. The number of ether oxygens (including phenoxy) is 2. The molecule has 1 N–H and O–H groups in total. The summed E-state index contributed by atoms with van der Waals surface area (Å²) in [4.78, 5) is 27.1. The monoisotopic (exact) mass is 436 g/mol. The molecule has 0 radical (unpaired) electrons. The third kappa shape index (κ3) is 6.07. The summed E-state index contributed by atoms with van der Waals surface area (Å²) in [5.74, 6) is 0.0586. The zero-order valence-corrected chi connectivity index (χ0v) is 18.0. The molecule has 0 saturated carbocycles. The number of methoxy groups -OCH3 is 1. The largest absolute Gasteiger partial charge is 0.497 e. The summed E-state index contributed by atoms with van der Waals surface area (Å²) in [6.07, 6.45) is 0. The Balaban J connectivity index is 1.67. The van der Waals surface area contributed by atoms with E-state index in [2.05, 4.69) is 5.32 Å². The maximum Gasteiger partial charge on any atom is 0.258 e. The summed E-state index contributed by atoms with van der Waals surface area (Å²) in [7, 11) is 1.55. The molecule has 3 rings (SSSR count). The number of nitrogens with zero attached hydrogens (tertiary/aromatic N) is 1. The highest BCUT2D eigenvalue weighted by Gasteiger charge is 2.21. The Labute approximate surface area is 186 Å². The number of nitrogens with one attached hydrogen (secondary N) is 1. The highest BCUT2D eigenvalue weighted by Crippen LogP contribution is 2.22. The predicted octanol–water partition coefficient (Wildman–Crippen LogP) is 4.51. The van der Waals surface area contributed by atoms with Gasteiger partial charge in [-0.1, -0.05) is 30.3 Å². The summed E-state index contributed by atoms with van der Waals surface area (Å²) in [5, 5.41) is 2.78. The lowest BCUT2D eigenvalue weighted by atomic mass is 10.1. The number of carbonyl (C=O) groups excluding carboxylic acids is 2. The number of benzene rings is 3. The van der Waals surface area contributed by atoms with E-state index in [1.54, 1.807) is 74.7 Å². The van der Waals surface area contributed by atoms with Crippen LogP contribution < -0.4 is 14.8 Å². The van der Waals surface area contributed by atoms with Crippen LogP contribution in [0.5, 0.6) is 11.5 Å². The summed E-state index contributed by atoms with van der Waals surface area (Å²) in [5.41, 5.74) is 1.71. The summed E-state index contributed by atoms with van der Waals surface area (Å²) >= 11 is 0. The zero-order valence-electron chi connectivity index (χ0n) is 18.0. The molecule has 0 aromatic heterocycles. The van der Waals surface area contributed by atoms with Crippen molar-refractivity contribution in [3.05, 3.63) is 89.7 Å². The van der Waals surface area contributed by atoms with Gasteiger partial charge in [-0.3, -0.25) is 9.59 Å². The molecule has 6 nitrogen and oxygen atoms in total. The average Bonchev–Trinajstić information content (AvgIpc) is 2.82. The molecule has 3 aromatic rings. The van der Waals surface area contributed by atoms with Gasteiger partial charge in [-0.2, -0.15) is 0 Å². The van der Waals surface area contributed by atoms with Crippen molar-refractivity contribution < 1.29 is 23.5 Å². The first-order valence-electron chi connectivity index (χ1n) is 10.2. The molecule has 166 valence electrons. The van der Waals surface area contributed by atoms with Gasteiger partial charge in [-0.15, -0.1) is 0 Å². The molecular weight excluding hydrogens is 411 g/mol. The number of para-hydroxylation sites is 1. The van der Waals surface area contributed by atoms with Gasteiger partial charge in [0.25, 0.3) is 5.91 Å². The highest BCUT2D eigenvalue weighted by molar-refractivity contribution is 6.01. The van der Waals surface area contributed by atoms with Crippen LogP contribution in [0.3, 0.4) is 0 Å². The minimum absolute atomic E-state index is 0.112. The van der Waals surface area contributed by atoms with E-state index in [1.165, 1.54) is 17.0 Å². The van der Waals surface area contributed by atoms with Crippen molar-refractivity contribution in [1.82, 2.24) is 4.90 Å². The Hall–Kier alpha value is -3.87. The van der Waals surface area contributed by atoms with E-state index < -0.39 is 0 Å². The predicted molar refractivity (Wildman–Crippen MR) is 120 cm³/mol. The maximum atomic E-state index is 13.1. The fourth-order valence-corrected chi connectivity index (χ4v) is 3.08. The van der Waals surface area contributed by atoms with E-state index >= 15 is 0 Å². The second kappa shape index (κ2) is 10.9. The summed E-state index contributed by atoms with van der Waals surface area (Å²) in [6, 6.07) is 19.8. The van der Waals surface area contributed by atoms with Crippen molar-refractivity contribution in [3.8, 4) is 11.5 Å². The van der Waals surface area contributed by atoms with Gasteiger partial charge < -0.3 is 19.7 Å². The smallest absolute Gasteiger partial charge is 0.258 e. The van der Waals surface area contributed by atoms with E-state index in [9.17, 15) is 14.0 Å². The van der Waals surface area contributed by atoms with Crippen LogP contribution in [0.15, 0.2) is 72.8 Å². The molecule has 0 aliphatic carbocycles. The molecule has 2 amide bonds. The van der Waals surface area contributed by atoms with Crippen LogP contribution >= 0.6 is 0 Å². The second-order valence-corrected chi connectivity index (χ2v) is 7.01. The lowest BCUT2D eigenvalue weighted by Crippen LogP contribution is -2.38. The lowest BCUT2D eigenvalue weighted by molar-refractivity contribution is -0.116. The van der Waals surface area contributed by atoms with Crippen molar-refractivity contribution >= 4 is 17.5 Å². The minimum Gasteiger partial charge on any atom is -0.497 e. The topological polar surface area (TPSA) is 67.9 Å². The molecule has 0 aliphatic rings. The van der Waals surface area contributed by atoms with Crippen LogP contribution in [0.1, 0.15) is 22.8 Å². The van der Waals surface area contributed by atoms with Crippen LogP contribution in [0, 0.1) is 5.82 Å². The SMILES string of the molecule is CCN(CC(=O)Nc1cccc(OC)c1)C(=O)c1ccccc1OCc1ccc(F)cc1. The van der Waals surface area contributed by atoms with Gasteiger partial charge in [0, 0.05) is 18.3 Å². The molecule has 0 saturated heterocycles. The number of halogens is 1. The van der Waals surface area contributed by atoms with Gasteiger partial charge in [0.1, 0.15) is 30.5 Å². The Morgan fingerprint density at radius 1 is 1.00 bits per heavy atom. The molecule has 32 heavy (non-hydrogen) atoms. The van der Waals surface area contributed by atoms with Crippen LogP contribution in [-0.2, 0) is 11.4 Å². The first kappa shape index (κ1) is 22.8. The second-order valence-electron chi connectivity index (χ2n) is 7.01. The van der Waals surface area contributed by atoms with Crippen molar-refractivity contribution in [3.63, 3.8) is 0 Å². The fourth-order valence-electron chi connectivity index (χ4n) is 3.08. The third-order valence-electron chi connectivity index (χ3n) is 4.78. The van der Waals surface area contributed by atoms with Crippen molar-refractivity contribution in [2.75, 3.05) is 25.5 Å². The molecule has 0 atom stereocenters. The fraction of sp³-hybridized carbons (Fsp3) is 0.200. The lowest BCUT2D eigenvalue weighted by Gasteiger charge is -2.22. The van der Waals surface area contributed by atoms with Crippen molar-refractivity contribution in [1.29, 1.82) is 0 Å². The number of likely N-dealkylation sites (N-methyl/N-ethyl adjacent to an activating group) is 1. The Kier molecular flexibility index (Phi) is 7.80. The Morgan fingerprint density at radius 2 is 1.75 bits per heavy atom. The molecule has 3 aromatic carbocycles. The summed E-state index contributed by atoms with van der Waals surface area (Å²) < 4.78 is 24.1. The molecular formula is C25H25FN2O4. The van der Waals surface area contributed by atoms with Crippen LogP contribution in [0.25, 0.3) is 0 Å². The molecule has 0 heterocycles. The van der Waals surface area contributed by atoms with Crippen molar-refractivity contribution in [2.45, 2.75) is 13.5 Å². The summed E-state index contributed by atoms with van der Waals surface area (Å²) in [6.45, 7) is 2.22. The van der Waals surface area contributed by atoms with Crippen LogP contribution in [0.4, 0.5) is 10.1 Å². The van der Waals surface area contributed by atoms with Gasteiger partial charge >= 0.3 is 0 Å². The van der Waals surface area contributed by atoms with Crippen molar-refractivity contribution in [2.24, 2.45) is 0 Å². The average molecular weight is 436 g/mol. The highest BCUT2D eigenvalue weighted by atomic mass is 19.1. The van der Waals surface area contributed by atoms with E-state index in [0.717, 1.165) is 5.56 Å². The Morgan fingerprint density at radius 3 is 2.47 bits per heavy atom. The number of hydrogen-bond acceptors (Lipinski definition) is 4. The zero-order chi connectivity index (χ0) is 22.9. The van der Waals surface area contributed by atoms with E-state index in [4.69, 9.17) is 9.47 Å². The Bertz CT molecular complexity index is 1070. The number of hydrogen-bond donors (Lipinski definition) is 1.